The molecule has 0 aromatic carbocycles. The van der Waals surface area contributed by atoms with Gasteiger partial charge in [0.2, 0.25) is 11.4 Å². The Morgan fingerprint density at radius 1 is 0.880 bits per heavy atom. The van der Waals surface area contributed by atoms with Crippen molar-refractivity contribution in [3.05, 3.63) is 55.9 Å². The van der Waals surface area contributed by atoms with Gasteiger partial charge in [-0.05, 0) is 44.3 Å². The number of hydrogen-bond acceptors (Lipinski definition) is 5. The van der Waals surface area contributed by atoms with Crippen LogP contribution in [0.2, 0.25) is 0 Å². The van der Waals surface area contributed by atoms with E-state index in [9.17, 15) is 25.0 Å². The van der Waals surface area contributed by atoms with Gasteiger partial charge in [-0.1, -0.05) is 31.9 Å². The molecule has 1 radical (unpaired) electrons. The van der Waals surface area contributed by atoms with Crippen LogP contribution < -0.4 is 0 Å². The lowest BCUT2D eigenvalue weighted by Gasteiger charge is -1.97. The highest BCUT2D eigenvalue weighted by atomic mass is 16.6. The molecule has 0 aliphatic rings. The van der Waals surface area contributed by atoms with Gasteiger partial charge in [0, 0.05) is 6.42 Å². The summed E-state index contributed by atoms with van der Waals surface area (Å²) >= 11 is 0. The summed E-state index contributed by atoms with van der Waals surface area (Å²) in [6.07, 6.45) is 14.4. The number of hydrogen-bond donors (Lipinski definition) is 0. The highest BCUT2D eigenvalue weighted by molar-refractivity contribution is 5.50. The van der Waals surface area contributed by atoms with Crippen molar-refractivity contribution < 1.29 is 14.6 Å². The van der Waals surface area contributed by atoms with Crippen molar-refractivity contribution in [1.82, 2.24) is 0 Å². The van der Waals surface area contributed by atoms with Gasteiger partial charge in [0.15, 0.2) is 6.29 Å². The van der Waals surface area contributed by atoms with Crippen LogP contribution in [0.3, 0.4) is 0 Å². The molecule has 0 bridgehead atoms. The second kappa shape index (κ2) is 15.2. The molecule has 25 heavy (non-hydrogen) atoms. The van der Waals surface area contributed by atoms with Crippen molar-refractivity contribution in [2.75, 3.05) is 0 Å². The smallest absolute Gasteiger partial charge is 0.246 e. The third-order valence-corrected chi connectivity index (χ3v) is 3.59. The van der Waals surface area contributed by atoms with E-state index < -0.39 is 9.85 Å². The Bertz CT molecular complexity index is 510. The van der Waals surface area contributed by atoms with Crippen LogP contribution in [0.1, 0.15) is 71.1 Å². The molecule has 0 fully saturated rings. The predicted molar refractivity (Wildman–Crippen MR) is 96.8 cm³/mol. The summed E-state index contributed by atoms with van der Waals surface area (Å²) in [7, 11) is 0. The average molecular weight is 351 g/mol. The number of rotatable bonds is 15. The van der Waals surface area contributed by atoms with Crippen LogP contribution >= 0.6 is 0 Å². The van der Waals surface area contributed by atoms with E-state index in [1.807, 2.05) is 0 Å². The monoisotopic (exact) mass is 351 g/mol. The topological polar surface area (TPSA) is 103 Å². The van der Waals surface area contributed by atoms with Gasteiger partial charge in [-0.15, -0.1) is 0 Å². The first kappa shape index (κ1) is 22.7. The van der Waals surface area contributed by atoms with Crippen molar-refractivity contribution in [2.24, 2.45) is 0 Å². The molecule has 139 valence electrons. The molecule has 0 heterocycles. The van der Waals surface area contributed by atoms with Crippen LogP contribution in [-0.2, 0) is 4.79 Å². The van der Waals surface area contributed by atoms with Crippen LogP contribution in [0.5, 0.6) is 0 Å². The zero-order chi connectivity index (χ0) is 18.9. The van der Waals surface area contributed by atoms with Crippen LogP contribution in [0.4, 0.5) is 0 Å². The van der Waals surface area contributed by atoms with Gasteiger partial charge < -0.3 is 0 Å². The van der Waals surface area contributed by atoms with Crippen LogP contribution in [0.15, 0.2) is 35.7 Å². The SMILES string of the molecule is CCCCC/C=C(/C/C=C/C/C(=C/CCCC[C]=O)[N+](=O)[O-])[N+](=O)[O-]. The summed E-state index contributed by atoms with van der Waals surface area (Å²) in [6.45, 7) is 2.07. The van der Waals surface area contributed by atoms with Gasteiger partial charge in [-0.3, -0.25) is 25.0 Å². The standard InChI is InChI=1S/C18H27N2O5/c1-2-3-4-7-12-17(19(22)23)14-9-10-15-18(20(24)25)13-8-5-6-11-16-21/h9-10,12-13H,2-8,11,14-15H2,1H3/b10-9+,17-12-,18-13-. The minimum absolute atomic E-state index is 0.0703. The number of carbonyl (C=O) groups excluding carboxylic acids is 1. The summed E-state index contributed by atoms with van der Waals surface area (Å²) in [5.41, 5.74) is 0.199. The van der Waals surface area contributed by atoms with E-state index in [0.717, 1.165) is 19.3 Å². The highest BCUT2D eigenvalue weighted by Gasteiger charge is 2.09. The Morgan fingerprint density at radius 2 is 1.36 bits per heavy atom. The van der Waals surface area contributed by atoms with E-state index in [1.165, 1.54) is 0 Å². The fourth-order valence-corrected chi connectivity index (χ4v) is 2.15. The van der Waals surface area contributed by atoms with Crippen molar-refractivity contribution in [2.45, 2.75) is 71.1 Å². The number of unbranched alkanes of at least 4 members (excludes halogenated alkanes) is 6. The first-order valence-electron chi connectivity index (χ1n) is 8.69. The summed E-state index contributed by atoms with van der Waals surface area (Å²) in [6, 6.07) is 0. The summed E-state index contributed by atoms with van der Waals surface area (Å²) in [5, 5.41) is 22.0. The molecule has 0 aliphatic carbocycles. The third kappa shape index (κ3) is 12.7. The van der Waals surface area contributed by atoms with Crippen molar-refractivity contribution in [1.29, 1.82) is 0 Å². The molecular formula is C18H27N2O5. The minimum Gasteiger partial charge on any atom is -0.291 e. The lowest BCUT2D eigenvalue weighted by Crippen LogP contribution is -1.99. The molecule has 0 aliphatic heterocycles. The Kier molecular flexibility index (Phi) is 13.8. The second-order valence-corrected chi connectivity index (χ2v) is 5.67. The Balaban J connectivity index is 4.45. The van der Waals surface area contributed by atoms with Crippen LogP contribution in [0, 0.1) is 20.2 Å². The molecule has 0 N–H and O–H groups in total. The van der Waals surface area contributed by atoms with E-state index in [4.69, 9.17) is 0 Å². The number of nitrogens with zero attached hydrogens (tertiary/aromatic N) is 2. The van der Waals surface area contributed by atoms with Crippen molar-refractivity contribution in [3.8, 4) is 0 Å². The molecule has 0 unspecified atom stereocenters. The zero-order valence-corrected chi connectivity index (χ0v) is 14.8. The maximum absolute atomic E-state index is 11.0. The zero-order valence-electron chi connectivity index (χ0n) is 14.8. The summed E-state index contributed by atoms with van der Waals surface area (Å²) in [5.74, 6) is 0. The minimum atomic E-state index is -0.439. The first-order chi connectivity index (χ1) is 12.0. The largest absolute Gasteiger partial charge is 0.291 e. The molecule has 0 amide bonds. The van der Waals surface area contributed by atoms with Crippen molar-refractivity contribution in [3.63, 3.8) is 0 Å². The Morgan fingerprint density at radius 3 is 1.76 bits per heavy atom. The van der Waals surface area contributed by atoms with Crippen molar-refractivity contribution >= 4 is 6.29 Å². The van der Waals surface area contributed by atoms with E-state index in [0.29, 0.717) is 32.1 Å². The molecule has 7 nitrogen and oxygen atoms in total. The van der Waals surface area contributed by atoms with Gasteiger partial charge in [0.05, 0.1) is 22.7 Å². The molecule has 0 saturated heterocycles. The number of allylic oxidation sites excluding steroid dienone is 4. The number of nitro groups is 2. The first-order valence-corrected chi connectivity index (χ1v) is 8.69. The molecule has 0 aromatic heterocycles. The fraction of sp³-hybridized carbons (Fsp3) is 0.611. The lowest BCUT2D eigenvalue weighted by molar-refractivity contribution is -0.427. The maximum Gasteiger partial charge on any atom is 0.246 e. The predicted octanol–water partition coefficient (Wildman–Crippen LogP) is 4.89. The maximum atomic E-state index is 11.0. The highest BCUT2D eigenvalue weighted by Crippen LogP contribution is 2.11. The molecule has 7 heteroatoms. The Hall–Kier alpha value is -2.31. The van der Waals surface area contributed by atoms with Gasteiger partial charge in [0.25, 0.3) is 0 Å². The van der Waals surface area contributed by atoms with E-state index in [1.54, 1.807) is 30.6 Å². The van der Waals surface area contributed by atoms with Crippen LogP contribution in [-0.4, -0.2) is 16.1 Å². The molecule has 0 spiro atoms. The van der Waals surface area contributed by atoms with E-state index >= 15 is 0 Å². The normalized spacial score (nSPS) is 12.5. The summed E-state index contributed by atoms with van der Waals surface area (Å²) in [4.78, 5) is 31.2. The third-order valence-electron chi connectivity index (χ3n) is 3.59. The van der Waals surface area contributed by atoms with E-state index in [-0.39, 0.29) is 24.2 Å². The average Bonchev–Trinajstić information content (AvgIpc) is 2.57. The lowest BCUT2D eigenvalue weighted by atomic mass is 10.1. The van der Waals surface area contributed by atoms with Gasteiger partial charge >= 0.3 is 0 Å². The molecule has 0 atom stereocenters. The quantitative estimate of drug-likeness (QED) is 0.181. The molecule has 0 saturated carbocycles. The molecular weight excluding hydrogens is 324 g/mol. The van der Waals surface area contributed by atoms with Gasteiger partial charge in [-0.25, -0.2) is 0 Å². The van der Waals surface area contributed by atoms with E-state index in [2.05, 4.69) is 6.92 Å². The fourth-order valence-electron chi connectivity index (χ4n) is 2.15. The molecule has 0 rings (SSSR count). The van der Waals surface area contributed by atoms with Gasteiger partial charge in [0.1, 0.15) is 0 Å². The summed E-state index contributed by atoms with van der Waals surface area (Å²) < 4.78 is 0. The van der Waals surface area contributed by atoms with Gasteiger partial charge in [-0.2, -0.15) is 0 Å². The second-order valence-electron chi connectivity index (χ2n) is 5.67. The Labute approximate surface area is 148 Å². The molecule has 0 aromatic rings. The van der Waals surface area contributed by atoms with Crippen LogP contribution in [0.25, 0.3) is 0 Å².